The molecule has 1 fully saturated rings. The van der Waals surface area contributed by atoms with Gasteiger partial charge >= 0.3 is 0 Å². The third-order valence-electron chi connectivity index (χ3n) is 3.74. The molecule has 1 N–H and O–H groups in total. The van der Waals surface area contributed by atoms with Gasteiger partial charge in [0.05, 0.1) is 25.3 Å². The van der Waals surface area contributed by atoms with Crippen molar-refractivity contribution in [3.63, 3.8) is 0 Å². The van der Waals surface area contributed by atoms with Crippen LogP contribution in [0.4, 0.5) is 0 Å². The van der Waals surface area contributed by atoms with E-state index in [2.05, 4.69) is 10.5 Å². The molecule has 106 valence electrons. The van der Waals surface area contributed by atoms with Crippen LogP contribution >= 0.6 is 0 Å². The first-order valence-electron chi connectivity index (χ1n) is 6.97. The molecule has 2 aliphatic rings. The quantitative estimate of drug-likeness (QED) is 0.916. The van der Waals surface area contributed by atoms with E-state index in [1.165, 1.54) is 12.8 Å². The second kappa shape index (κ2) is 5.53. The fourth-order valence-electron chi connectivity index (χ4n) is 2.66. The largest absolute Gasteiger partial charge is 0.493 e. The van der Waals surface area contributed by atoms with E-state index in [4.69, 9.17) is 9.47 Å². The summed E-state index contributed by atoms with van der Waals surface area (Å²) >= 11 is 0. The summed E-state index contributed by atoms with van der Waals surface area (Å²) < 4.78 is 11.4. The minimum absolute atomic E-state index is 0.0749. The molecule has 1 heterocycles. The predicted molar refractivity (Wildman–Crippen MR) is 75.2 cm³/mol. The number of amides is 1. The second-order valence-electron chi connectivity index (χ2n) is 5.16. The van der Waals surface area contributed by atoms with Crippen molar-refractivity contribution in [1.29, 1.82) is 0 Å². The highest BCUT2D eigenvalue weighted by molar-refractivity contribution is 6.13. The van der Waals surface area contributed by atoms with Crippen LogP contribution in [0.3, 0.4) is 0 Å². The molecule has 0 radical (unpaired) electrons. The fraction of sp³-hybridized carbons (Fsp3) is 0.467. The van der Waals surface area contributed by atoms with Gasteiger partial charge in [0.15, 0.2) is 11.5 Å². The third-order valence-corrected chi connectivity index (χ3v) is 3.74. The van der Waals surface area contributed by atoms with E-state index >= 15 is 0 Å². The number of hydrogen-bond acceptors (Lipinski definition) is 4. The van der Waals surface area contributed by atoms with Crippen LogP contribution < -0.4 is 14.9 Å². The number of hydrazone groups is 1. The van der Waals surface area contributed by atoms with Gasteiger partial charge < -0.3 is 9.47 Å². The van der Waals surface area contributed by atoms with Gasteiger partial charge in [-0.2, -0.15) is 5.10 Å². The lowest BCUT2D eigenvalue weighted by atomic mass is 10.1. The second-order valence-corrected chi connectivity index (χ2v) is 5.16. The Hall–Kier alpha value is -2.04. The summed E-state index contributed by atoms with van der Waals surface area (Å²) in [4.78, 5) is 11.2. The zero-order valence-electron chi connectivity index (χ0n) is 11.5. The molecule has 0 spiro atoms. The average molecular weight is 274 g/mol. The Morgan fingerprint density at radius 3 is 2.70 bits per heavy atom. The molecule has 0 atom stereocenters. The van der Waals surface area contributed by atoms with E-state index < -0.39 is 0 Å². The number of ether oxygens (including phenoxy) is 2. The molecule has 0 saturated heterocycles. The molecule has 1 amide bonds. The molecule has 5 nitrogen and oxygen atoms in total. The summed E-state index contributed by atoms with van der Waals surface area (Å²) in [7, 11) is 1.63. The highest BCUT2D eigenvalue weighted by atomic mass is 16.5. The monoisotopic (exact) mass is 274 g/mol. The molecular weight excluding hydrogens is 256 g/mol. The molecule has 5 heteroatoms. The average Bonchev–Trinajstić information content (AvgIpc) is 3.10. The Balaban J connectivity index is 1.84. The van der Waals surface area contributed by atoms with Gasteiger partial charge in [-0.15, -0.1) is 0 Å². The lowest BCUT2D eigenvalue weighted by Gasteiger charge is -2.16. The minimum Gasteiger partial charge on any atom is -0.493 e. The number of methoxy groups -OCH3 is 1. The molecule has 3 rings (SSSR count). The topological polar surface area (TPSA) is 59.9 Å². The number of carbonyl (C=O) groups is 1. The molecule has 1 aliphatic heterocycles. The number of hydrogen-bond donors (Lipinski definition) is 1. The van der Waals surface area contributed by atoms with Gasteiger partial charge in [0.2, 0.25) is 5.91 Å². The standard InChI is InChI=1S/C15H18N2O3/c1-19-13-7-6-10(12-9-15(18)17-16-12)8-14(13)20-11-4-2-3-5-11/h6-8,11H,2-5,9H2,1H3,(H,17,18). The lowest BCUT2D eigenvalue weighted by molar-refractivity contribution is -0.119. The molecule has 1 aromatic carbocycles. The molecule has 1 aliphatic carbocycles. The first-order chi connectivity index (χ1) is 9.76. The van der Waals surface area contributed by atoms with Crippen LogP contribution in [0.25, 0.3) is 0 Å². The van der Waals surface area contributed by atoms with E-state index in [1.807, 2.05) is 18.2 Å². The number of nitrogens with one attached hydrogen (secondary N) is 1. The van der Waals surface area contributed by atoms with Crippen molar-refractivity contribution in [3.05, 3.63) is 23.8 Å². The van der Waals surface area contributed by atoms with Crippen LogP contribution in [0.1, 0.15) is 37.7 Å². The molecule has 20 heavy (non-hydrogen) atoms. The van der Waals surface area contributed by atoms with Gasteiger partial charge in [0.1, 0.15) is 0 Å². The normalized spacial score (nSPS) is 18.9. The third kappa shape index (κ3) is 2.61. The van der Waals surface area contributed by atoms with E-state index in [0.29, 0.717) is 6.42 Å². The summed E-state index contributed by atoms with van der Waals surface area (Å²) in [5.74, 6) is 1.38. The zero-order valence-corrected chi connectivity index (χ0v) is 11.5. The summed E-state index contributed by atoms with van der Waals surface area (Å²) in [6.45, 7) is 0. The Kier molecular flexibility index (Phi) is 3.58. The molecule has 0 unspecified atom stereocenters. The van der Waals surface area contributed by atoms with Gasteiger partial charge in [-0.25, -0.2) is 5.43 Å². The van der Waals surface area contributed by atoms with Crippen molar-refractivity contribution in [2.24, 2.45) is 5.10 Å². The number of rotatable bonds is 4. The first-order valence-corrected chi connectivity index (χ1v) is 6.97. The Bertz CT molecular complexity index is 548. The van der Waals surface area contributed by atoms with Crippen LogP contribution in [-0.2, 0) is 4.79 Å². The first kappa shape index (κ1) is 13.0. The van der Waals surface area contributed by atoms with Gasteiger partial charge in [-0.1, -0.05) is 0 Å². The summed E-state index contributed by atoms with van der Waals surface area (Å²) in [6.07, 6.45) is 5.21. The maximum atomic E-state index is 11.2. The van der Waals surface area contributed by atoms with Crippen molar-refractivity contribution in [2.75, 3.05) is 7.11 Å². The molecule has 1 saturated carbocycles. The number of carbonyl (C=O) groups excluding carboxylic acids is 1. The zero-order chi connectivity index (χ0) is 13.9. The Morgan fingerprint density at radius 1 is 1.25 bits per heavy atom. The summed E-state index contributed by atoms with van der Waals surface area (Å²) in [6, 6.07) is 5.68. The van der Waals surface area contributed by atoms with E-state index in [1.54, 1.807) is 7.11 Å². The highest BCUT2D eigenvalue weighted by Gasteiger charge is 2.21. The van der Waals surface area contributed by atoms with Crippen LogP contribution in [0.2, 0.25) is 0 Å². The SMILES string of the molecule is COc1ccc(C2=NNC(=O)C2)cc1OC1CCCC1. The molecular formula is C15H18N2O3. The van der Waals surface area contributed by atoms with E-state index in [-0.39, 0.29) is 12.0 Å². The number of nitrogens with zero attached hydrogens (tertiary/aromatic N) is 1. The van der Waals surface area contributed by atoms with Crippen molar-refractivity contribution in [3.8, 4) is 11.5 Å². The van der Waals surface area contributed by atoms with Gasteiger partial charge in [-0.3, -0.25) is 4.79 Å². The summed E-state index contributed by atoms with van der Waals surface area (Å²) in [5, 5.41) is 4.04. The van der Waals surface area contributed by atoms with Crippen molar-refractivity contribution >= 4 is 11.6 Å². The van der Waals surface area contributed by atoms with Crippen molar-refractivity contribution in [1.82, 2.24) is 5.43 Å². The Labute approximate surface area is 118 Å². The fourth-order valence-corrected chi connectivity index (χ4v) is 2.66. The van der Waals surface area contributed by atoms with Crippen molar-refractivity contribution in [2.45, 2.75) is 38.2 Å². The Morgan fingerprint density at radius 2 is 2.05 bits per heavy atom. The maximum Gasteiger partial charge on any atom is 0.246 e. The van der Waals surface area contributed by atoms with Crippen molar-refractivity contribution < 1.29 is 14.3 Å². The number of benzene rings is 1. The lowest BCUT2D eigenvalue weighted by Crippen LogP contribution is -2.12. The van der Waals surface area contributed by atoms with Gasteiger partial charge in [0.25, 0.3) is 0 Å². The maximum absolute atomic E-state index is 11.2. The van der Waals surface area contributed by atoms with E-state index in [0.717, 1.165) is 35.6 Å². The predicted octanol–water partition coefficient (Wildman–Crippen LogP) is 2.24. The highest BCUT2D eigenvalue weighted by Crippen LogP contribution is 2.33. The molecule has 0 aromatic heterocycles. The van der Waals surface area contributed by atoms with Crippen LogP contribution in [-0.4, -0.2) is 24.8 Å². The molecule has 0 bridgehead atoms. The smallest absolute Gasteiger partial charge is 0.246 e. The van der Waals surface area contributed by atoms with Crippen LogP contribution in [0.5, 0.6) is 11.5 Å². The molecule has 1 aromatic rings. The van der Waals surface area contributed by atoms with Crippen LogP contribution in [0, 0.1) is 0 Å². The summed E-state index contributed by atoms with van der Waals surface area (Å²) in [5.41, 5.74) is 4.11. The minimum atomic E-state index is -0.0749. The van der Waals surface area contributed by atoms with E-state index in [9.17, 15) is 4.79 Å². The van der Waals surface area contributed by atoms with Crippen LogP contribution in [0.15, 0.2) is 23.3 Å². The van der Waals surface area contributed by atoms with Gasteiger partial charge in [0, 0.05) is 5.56 Å². The van der Waals surface area contributed by atoms with Gasteiger partial charge in [-0.05, 0) is 43.9 Å².